The molecule has 0 aliphatic carbocycles. The average molecular weight is 353 g/mol. The lowest BCUT2D eigenvalue weighted by Gasteiger charge is -2.09. The highest BCUT2D eigenvalue weighted by atomic mass is 35.5. The Balaban J connectivity index is 1.88. The molecule has 3 nitrogen and oxygen atoms in total. The molecular formula is C21H21ClN2O. The number of fused-ring (bicyclic) bond motifs is 1. The van der Waals surface area contributed by atoms with Crippen molar-refractivity contribution < 1.29 is 4.79 Å². The molecule has 0 saturated carbocycles. The predicted octanol–water partition coefficient (Wildman–Crippen LogP) is 5.79. The molecular weight excluding hydrogens is 332 g/mol. The second kappa shape index (κ2) is 7.66. The third-order valence-corrected chi connectivity index (χ3v) is 4.51. The first kappa shape index (κ1) is 17.4. The molecule has 2 aromatic carbocycles. The van der Waals surface area contributed by atoms with Crippen LogP contribution in [-0.2, 0) is 6.42 Å². The van der Waals surface area contributed by atoms with Gasteiger partial charge in [-0.1, -0.05) is 37.1 Å². The lowest BCUT2D eigenvalue weighted by atomic mass is 10.1. The zero-order valence-corrected chi connectivity index (χ0v) is 15.2. The van der Waals surface area contributed by atoms with Crippen molar-refractivity contribution in [3.63, 3.8) is 0 Å². The van der Waals surface area contributed by atoms with Crippen molar-refractivity contribution >= 4 is 34.1 Å². The van der Waals surface area contributed by atoms with E-state index in [2.05, 4.69) is 17.2 Å². The van der Waals surface area contributed by atoms with Gasteiger partial charge in [-0.3, -0.25) is 4.79 Å². The number of anilines is 1. The van der Waals surface area contributed by atoms with E-state index in [1.807, 2.05) is 49.4 Å². The smallest absolute Gasteiger partial charge is 0.255 e. The number of carbonyl (C=O) groups is 1. The number of hydrogen-bond donors (Lipinski definition) is 1. The van der Waals surface area contributed by atoms with Gasteiger partial charge in [-0.2, -0.15) is 0 Å². The number of nitrogens with zero attached hydrogens (tertiary/aromatic N) is 1. The van der Waals surface area contributed by atoms with Crippen LogP contribution in [0.5, 0.6) is 0 Å². The number of aryl methyl sites for hydroxylation is 2. The van der Waals surface area contributed by atoms with Crippen molar-refractivity contribution in [2.45, 2.75) is 33.1 Å². The van der Waals surface area contributed by atoms with Gasteiger partial charge in [-0.15, -0.1) is 0 Å². The van der Waals surface area contributed by atoms with Gasteiger partial charge in [0.15, 0.2) is 0 Å². The van der Waals surface area contributed by atoms with Gasteiger partial charge in [0.2, 0.25) is 0 Å². The van der Waals surface area contributed by atoms with Crippen LogP contribution in [0.4, 0.5) is 5.69 Å². The number of nitrogens with one attached hydrogen (secondary N) is 1. The number of benzene rings is 2. The van der Waals surface area contributed by atoms with Crippen molar-refractivity contribution in [2.24, 2.45) is 0 Å². The summed E-state index contributed by atoms with van der Waals surface area (Å²) in [6, 6.07) is 15.3. The summed E-state index contributed by atoms with van der Waals surface area (Å²) in [5.74, 6) is -0.127. The minimum atomic E-state index is -0.127. The Kier molecular flexibility index (Phi) is 5.34. The van der Waals surface area contributed by atoms with Gasteiger partial charge < -0.3 is 5.32 Å². The van der Waals surface area contributed by atoms with Gasteiger partial charge >= 0.3 is 0 Å². The molecule has 3 rings (SSSR count). The van der Waals surface area contributed by atoms with E-state index in [0.717, 1.165) is 47.0 Å². The summed E-state index contributed by atoms with van der Waals surface area (Å²) in [5, 5.41) is 4.43. The molecule has 0 aliphatic rings. The number of pyridine rings is 1. The molecule has 0 aliphatic heterocycles. The van der Waals surface area contributed by atoms with E-state index in [9.17, 15) is 4.79 Å². The van der Waals surface area contributed by atoms with Crippen LogP contribution in [0.2, 0.25) is 5.15 Å². The molecule has 1 aromatic heterocycles. The zero-order chi connectivity index (χ0) is 17.8. The molecule has 0 atom stereocenters. The van der Waals surface area contributed by atoms with E-state index < -0.39 is 0 Å². The average Bonchev–Trinajstić information content (AvgIpc) is 2.59. The maximum Gasteiger partial charge on any atom is 0.255 e. The molecule has 3 aromatic rings. The van der Waals surface area contributed by atoms with Gasteiger partial charge in [0, 0.05) is 16.6 Å². The Bertz CT molecular complexity index is 921. The van der Waals surface area contributed by atoms with Crippen molar-refractivity contribution in [1.29, 1.82) is 0 Å². The van der Waals surface area contributed by atoms with Crippen molar-refractivity contribution in [1.82, 2.24) is 4.98 Å². The normalized spacial score (nSPS) is 10.8. The van der Waals surface area contributed by atoms with Crippen LogP contribution >= 0.6 is 11.6 Å². The van der Waals surface area contributed by atoms with Crippen molar-refractivity contribution in [2.75, 3.05) is 5.32 Å². The third-order valence-electron chi connectivity index (χ3n) is 4.18. The minimum absolute atomic E-state index is 0.127. The number of rotatable bonds is 5. The lowest BCUT2D eigenvalue weighted by Crippen LogP contribution is -2.11. The highest BCUT2D eigenvalue weighted by Gasteiger charge is 2.10. The van der Waals surface area contributed by atoms with E-state index in [1.165, 1.54) is 0 Å². The van der Waals surface area contributed by atoms with Gasteiger partial charge in [0.25, 0.3) is 5.91 Å². The summed E-state index contributed by atoms with van der Waals surface area (Å²) in [6.07, 6.45) is 3.08. The van der Waals surface area contributed by atoms with Crippen molar-refractivity contribution in [3.8, 4) is 0 Å². The molecule has 0 radical (unpaired) electrons. The zero-order valence-electron chi connectivity index (χ0n) is 14.5. The van der Waals surface area contributed by atoms with Crippen LogP contribution in [0.3, 0.4) is 0 Å². The molecule has 0 unspecified atom stereocenters. The standard InChI is InChI=1S/C21H21ClN2O/c1-3-4-7-15-12-17-13-16(9-10-19(17)24-20(15)22)21(25)23-18-8-5-6-14(2)11-18/h5-6,8-13H,3-4,7H2,1-2H3,(H,23,25). The van der Waals surface area contributed by atoms with Crippen LogP contribution in [0.15, 0.2) is 48.5 Å². The molecule has 0 spiro atoms. The fourth-order valence-electron chi connectivity index (χ4n) is 2.81. The van der Waals surface area contributed by atoms with E-state index in [1.54, 1.807) is 6.07 Å². The quantitative estimate of drug-likeness (QED) is 0.590. The predicted molar refractivity (Wildman–Crippen MR) is 104 cm³/mol. The summed E-state index contributed by atoms with van der Waals surface area (Å²) in [6.45, 7) is 4.15. The van der Waals surface area contributed by atoms with Crippen LogP contribution in [0.25, 0.3) is 10.9 Å². The van der Waals surface area contributed by atoms with Crippen molar-refractivity contribution in [3.05, 3.63) is 70.4 Å². The number of carbonyl (C=O) groups excluding carboxylic acids is 1. The first-order valence-corrected chi connectivity index (χ1v) is 8.92. The Labute approximate surface area is 153 Å². The maximum atomic E-state index is 12.5. The fraction of sp³-hybridized carbons (Fsp3) is 0.238. The second-order valence-electron chi connectivity index (χ2n) is 6.27. The van der Waals surface area contributed by atoms with Gasteiger partial charge in [0.05, 0.1) is 5.52 Å². The molecule has 128 valence electrons. The number of unbranched alkanes of at least 4 members (excludes halogenated alkanes) is 1. The molecule has 0 fully saturated rings. The third kappa shape index (κ3) is 4.18. The molecule has 0 saturated heterocycles. The second-order valence-corrected chi connectivity index (χ2v) is 6.63. The fourth-order valence-corrected chi connectivity index (χ4v) is 3.05. The molecule has 4 heteroatoms. The molecule has 1 heterocycles. The monoisotopic (exact) mass is 352 g/mol. The summed E-state index contributed by atoms with van der Waals surface area (Å²) >= 11 is 6.27. The van der Waals surface area contributed by atoms with Crippen LogP contribution in [0.1, 0.15) is 41.3 Å². The Morgan fingerprint density at radius 1 is 1.16 bits per heavy atom. The largest absolute Gasteiger partial charge is 0.322 e. The van der Waals surface area contributed by atoms with Gasteiger partial charge in [-0.25, -0.2) is 4.98 Å². The SMILES string of the molecule is CCCCc1cc2cc(C(=O)Nc3cccc(C)c3)ccc2nc1Cl. The van der Waals surface area contributed by atoms with Crippen LogP contribution in [-0.4, -0.2) is 10.9 Å². The van der Waals surface area contributed by atoms with Gasteiger partial charge in [-0.05, 0) is 67.3 Å². The lowest BCUT2D eigenvalue weighted by molar-refractivity contribution is 0.102. The number of halogens is 1. The number of hydrogen-bond acceptors (Lipinski definition) is 2. The Morgan fingerprint density at radius 3 is 2.76 bits per heavy atom. The first-order valence-electron chi connectivity index (χ1n) is 8.54. The Hall–Kier alpha value is -2.39. The van der Waals surface area contributed by atoms with E-state index in [-0.39, 0.29) is 5.91 Å². The number of amides is 1. The molecule has 0 bridgehead atoms. The molecule has 25 heavy (non-hydrogen) atoms. The summed E-state index contributed by atoms with van der Waals surface area (Å²) in [7, 11) is 0. The first-order chi connectivity index (χ1) is 12.1. The van der Waals surface area contributed by atoms with E-state index in [0.29, 0.717) is 10.7 Å². The van der Waals surface area contributed by atoms with Gasteiger partial charge in [0.1, 0.15) is 5.15 Å². The van der Waals surface area contributed by atoms with Crippen LogP contribution in [0, 0.1) is 6.92 Å². The summed E-state index contributed by atoms with van der Waals surface area (Å²) in [4.78, 5) is 17.0. The molecule has 1 amide bonds. The summed E-state index contributed by atoms with van der Waals surface area (Å²) in [5.41, 5.74) is 4.35. The van der Waals surface area contributed by atoms with E-state index in [4.69, 9.17) is 11.6 Å². The molecule has 1 N–H and O–H groups in total. The highest BCUT2D eigenvalue weighted by molar-refractivity contribution is 6.30. The highest BCUT2D eigenvalue weighted by Crippen LogP contribution is 2.23. The maximum absolute atomic E-state index is 12.5. The van der Waals surface area contributed by atoms with Crippen LogP contribution < -0.4 is 5.32 Å². The summed E-state index contributed by atoms with van der Waals surface area (Å²) < 4.78 is 0. The Morgan fingerprint density at radius 2 is 2.00 bits per heavy atom. The number of aromatic nitrogens is 1. The minimum Gasteiger partial charge on any atom is -0.322 e. The van der Waals surface area contributed by atoms with E-state index >= 15 is 0 Å². The topological polar surface area (TPSA) is 42.0 Å².